The van der Waals surface area contributed by atoms with Gasteiger partial charge >= 0.3 is 0 Å². The molecule has 0 aromatic heterocycles. The van der Waals surface area contributed by atoms with Crippen molar-refractivity contribution in [2.75, 3.05) is 6.54 Å². The summed E-state index contributed by atoms with van der Waals surface area (Å²) in [4.78, 5) is 11.7. The van der Waals surface area contributed by atoms with Gasteiger partial charge in [0.1, 0.15) is 0 Å². The van der Waals surface area contributed by atoms with Crippen molar-refractivity contribution >= 4 is 5.91 Å². The van der Waals surface area contributed by atoms with Crippen LogP contribution in [-0.2, 0) is 4.79 Å². The minimum atomic E-state index is -0.260. The molecule has 3 heteroatoms. The topological polar surface area (TPSA) is 55.1 Å². The summed E-state index contributed by atoms with van der Waals surface area (Å²) in [5.74, 6) is 0.932. The lowest BCUT2D eigenvalue weighted by Crippen LogP contribution is -2.48. The molecule has 0 saturated heterocycles. The summed E-state index contributed by atoms with van der Waals surface area (Å²) >= 11 is 0. The lowest BCUT2D eigenvalue weighted by atomic mass is 9.86. The summed E-state index contributed by atoms with van der Waals surface area (Å²) in [5, 5.41) is 2.98. The van der Waals surface area contributed by atoms with E-state index >= 15 is 0 Å². The summed E-state index contributed by atoms with van der Waals surface area (Å²) in [5.41, 5.74) is 5.32. The van der Waals surface area contributed by atoms with Crippen LogP contribution in [0.2, 0.25) is 0 Å². The van der Waals surface area contributed by atoms with Gasteiger partial charge in [-0.1, -0.05) is 32.1 Å². The highest BCUT2D eigenvalue weighted by atomic mass is 16.1. The second kappa shape index (κ2) is 6.24. The van der Waals surface area contributed by atoms with Crippen molar-refractivity contribution in [2.45, 2.75) is 64.3 Å². The smallest absolute Gasteiger partial charge is 0.220 e. The predicted molar refractivity (Wildman–Crippen MR) is 67.1 cm³/mol. The van der Waals surface area contributed by atoms with Crippen LogP contribution in [0.5, 0.6) is 0 Å². The van der Waals surface area contributed by atoms with Gasteiger partial charge in [0.05, 0.1) is 0 Å². The maximum Gasteiger partial charge on any atom is 0.220 e. The molecule has 0 radical (unpaired) electrons. The number of hydrogen-bond donors (Lipinski definition) is 2. The Morgan fingerprint density at radius 2 is 1.94 bits per heavy atom. The Labute approximate surface area is 99.2 Å². The summed E-state index contributed by atoms with van der Waals surface area (Å²) in [7, 11) is 0. The lowest BCUT2D eigenvalue weighted by Gasteiger charge is -2.25. The van der Waals surface area contributed by atoms with Gasteiger partial charge in [0.2, 0.25) is 5.91 Å². The highest BCUT2D eigenvalue weighted by molar-refractivity contribution is 5.76. The average molecular weight is 226 g/mol. The first-order chi connectivity index (χ1) is 7.53. The second-order valence-corrected chi connectivity index (χ2v) is 5.68. The molecular weight excluding hydrogens is 200 g/mol. The van der Waals surface area contributed by atoms with Gasteiger partial charge in [0.25, 0.3) is 0 Å². The molecule has 94 valence electrons. The average Bonchev–Trinajstić information content (AvgIpc) is 2.27. The van der Waals surface area contributed by atoms with E-state index in [1.165, 1.54) is 32.1 Å². The van der Waals surface area contributed by atoms with Crippen LogP contribution in [0.4, 0.5) is 0 Å². The predicted octanol–water partition coefficient (Wildman–Crippen LogP) is 2.20. The van der Waals surface area contributed by atoms with E-state index in [0.717, 1.165) is 12.3 Å². The van der Waals surface area contributed by atoms with Gasteiger partial charge in [-0.3, -0.25) is 4.79 Å². The van der Waals surface area contributed by atoms with E-state index in [1.807, 2.05) is 13.8 Å². The summed E-state index contributed by atoms with van der Waals surface area (Å²) in [6.07, 6.45) is 8.41. The molecule has 0 spiro atoms. The van der Waals surface area contributed by atoms with Crippen LogP contribution in [-0.4, -0.2) is 18.0 Å². The van der Waals surface area contributed by atoms with Crippen molar-refractivity contribution in [3.05, 3.63) is 0 Å². The van der Waals surface area contributed by atoms with Crippen LogP contribution in [0.15, 0.2) is 0 Å². The lowest BCUT2D eigenvalue weighted by molar-refractivity contribution is -0.122. The quantitative estimate of drug-likeness (QED) is 0.755. The number of rotatable bonds is 5. The highest BCUT2D eigenvalue weighted by Gasteiger charge is 2.19. The molecule has 0 unspecified atom stereocenters. The molecule has 0 aromatic rings. The first-order valence-electron chi connectivity index (χ1n) is 6.54. The Hall–Kier alpha value is -0.570. The van der Waals surface area contributed by atoms with Gasteiger partial charge in [-0.05, 0) is 26.2 Å². The van der Waals surface area contributed by atoms with Gasteiger partial charge in [0, 0.05) is 18.5 Å². The molecule has 0 bridgehead atoms. The molecule has 0 heterocycles. The number of nitrogens with one attached hydrogen (secondary N) is 1. The van der Waals surface area contributed by atoms with E-state index in [-0.39, 0.29) is 11.4 Å². The first kappa shape index (κ1) is 13.5. The molecule has 1 aliphatic rings. The third-order valence-electron chi connectivity index (χ3n) is 3.49. The van der Waals surface area contributed by atoms with Gasteiger partial charge < -0.3 is 11.1 Å². The maximum atomic E-state index is 11.7. The zero-order chi connectivity index (χ0) is 12.0. The fraction of sp³-hybridized carbons (Fsp3) is 0.923. The van der Waals surface area contributed by atoms with E-state index in [4.69, 9.17) is 5.73 Å². The highest BCUT2D eigenvalue weighted by Crippen LogP contribution is 2.27. The monoisotopic (exact) mass is 226 g/mol. The van der Waals surface area contributed by atoms with Crippen molar-refractivity contribution in [2.24, 2.45) is 11.7 Å². The Balaban J connectivity index is 2.19. The van der Waals surface area contributed by atoms with Crippen molar-refractivity contribution in [3.8, 4) is 0 Å². The standard InChI is InChI=1S/C13H26N2O/c1-13(2,10-14)15-12(16)9-8-11-6-4-3-5-7-11/h11H,3-10,14H2,1-2H3,(H,15,16). The molecule has 1 rings (SSSR count). The third-order valence-corrected chi connectivity index (χ3v) is 3.49. The van der Waals surface area contributed by atoms with Crippen molar-refractivity contribution in [1.82, 2.24) is 5.32 Å². The third kappa shape index (κ3) is 4.97. The zero-order valence-corrected chi connectivity index (χ0v) is 10.7. The van der Waals surface area contributed by atoms with Crippen LogP contribution in [0.25, 0.3) is 0 Å². The maximum absolute atomic E-state index is 11.7. The largest absolute Gasteiger partial charge is 0.350 e. The molecule has 1 aliphatic carbocycles. The van der Waals surface area contributed by atoms with E-state index < -0.39 is 0 Å². The molecule has 0 aromatic carbocycles. The number of hydrogen-bond acceptors (Lipinski definition) is 2. The van der Waals surface area contributed by atoms with Crippen LogP contribution >= 0.6 is 0 Å². The Morgan fingerprint density at radius 3 is 2.50 bits per heavy atom. The molecule has 1 fully saturated rings. The number of carbonyl (C=O) groups is 1. The summed E-state index contributed by atoms with van der Waals surface area (Å²) in [6, 6.07) is 0. The normalized spacial score (nSPS) is 18.4. The van der Waals surface area contributed by atoms with Gasteiger partial charge in [0.15, 0.2) is 0 Å². The SMILES string of the molecule is CC(C)(CN)NC(=O)CCC1CCCCC1. The van der Waals surface area contributed by atoms with Crippen LogP contribution in [0, 0.1) is 5.92 Å². The molecule has 3 N–H and O–H groups in total. The Kier molecular flexibility index (Phi) is 5.26. The van der Waals surface area contributed by atoms with Crippen molar-refractivity contribution < 1.29 is 4.79 Å². The van der Waals surface area contributed by atoms with Gasteiger partial charge in [-0.15, -0.1) is 0 Å². The molecule has 1 saturated carbocycles. The van der Waals surface area contributed by atoms with Crippen molar-refractivity contribution in [3.63, 3.8) is 0 Å². The number of carbonyl (C=O) groups excluding carboxylic acids is 1. The van der Waals surface area contributed by atoms with E-state index in [0.29, 0.717) is 13.0 Å². The Bertz CT molecular complexity index is 220. The van der Waals surface area contributed by atoms with Crippen molar-refractivity contribution in [1.29, 1.82) is 0 Å². The zero-order valence-electron chi connectivity index (χ0n) is 10.7. The molecule has 1 amide bonds. The molecule has 0 atom stereocenters. The minimum Gasteiger partial charge on any atom is -0.350 e. The van der Waals surface area contributed by atoms with E-state index in [2.05, 4.69) is 5.32 Å². The summed E-state index contributed by atoms with van der Waals surface area (Å²) < 4.78 is 0. The number of amides is 1. The van der Waals surface area contributed by atoms with Crippen LogP contribution in [0.1, 0.15) is 58.8 Å². The fourth-order valence-corrected chi connectivity index (χ4v) is 2.30. The summed E-state index contributed by atoms with van der Waals surface area (Å²) in [6.45, 7) is 4.42. The Morgan fingerprint density at radius 1 is 1.31 bits per heavy atom. The molecule has 0 aliphatic heterocycles. The number of nitrogens with two attached hydrogens (primary N) is 1. The molecule has 16 heavy (non-hydrogen) atoms. The van der Waals surface area contributed by atoms with Crippen LogP contribution in [0.3, 0.4) is 0 Å². The minimum absolute atomic E-state index is 0.154. The fourth-order valence-electron chi connectivity index (χ4n) is 2.30. The van der Waals surface area contributed by atoms with Gasteiger partial charge in [-0.25, -0.2) is 0 Å². The molecular formula is C13H26N2O. The first-order valence-corrected chi connectivity index (χ1v) is 6.54. The van der Waals surface area contributed by atoms with E-state index in [1.54, 1.807) is 0 Å². The van der Waals surface area contributed by atoms with Crippen LogP contribution < -0.4 is 11.1 Å². The van der Waals surface area contributed by atoms with E-state index in [9.17, 15) is 4.79 Å². The van der Waals surface area contributed by atoms with Gasteiger partial charge in [-0.2, -0.15) is 0 Å². The second-order valence-electron chi connectivity index (χ2n) is 5.68. The molecule has 3 nitrogen and oxygen atoms in total.